The molecule has 2 fully saturated rings. The van der Waals surface area contributed by atoms with Crippen molar-refractivity contribution in [1.82, 2.24) is 9.80 Å². The zero-order valence-corrected chi connectivity index (χ0v) is 16.8. The predicted molar refractivity (Wildman–Crippen MR) is 103 cm³/mol. The first kappa shape index (κ1) is 19.4. The van der Waals surface area contributed by atoms with Crippen LogP contribution in [0.4, 0.5) is 0 Å². The Kier molecular flexibility index (Phi) is 5.72. The van der Waals surface area contributed by atoms with E-state index in [4.69, 9.17) is 0 Å². The lowest BCUT2D eigenvalue weighted by atomic mass is 10.0. The second kappa shape index (κ2) is 7.69. The second-order valence-corrected chi connectivity index (χ2v) is 10.2. The molecular weight excluding hydrogens is 348 g/mol. The van der Waals surface area contributed by atoms with Gasteiger partial charge in [-0.1, -0.05) is 19.9 Å². The third kappa shape index (κ3) is 4.65. The molecule has 6 heteroatoms. The van der Waals surface area contributed by atoms with Gasteiger partial charge in [0.2, 0.25) is 0 Å². The first-order valence-corrected chi connectivity index (χ1v) is 11.5. The van der Waals surface area contributed by atoms with E-state index in [9.17, 15) is 13.2 Å². The third-order valence-corrected chi connectivity index (χ3v) is 6.62. The lowest BCUT2D eigenvalue weighted by Crippen LogP contribution is -2.46. The minimum atomic E-state index is -3.32. The molecule has 0 aromatic heterocycles. The van der Waals surface area contributed by atoms with Gasteiger partial charge in [-0.2, -0.15) is 0 Å². The van der Waals surface area contributed by atoms with E-state index in [-0.39, 0.29) is 10.8 Å². The van der Waals surface area contributed by atoms with Gasteiger partial charge in [-0.05, 0) is 49.3 Å². The van der Waals surface area contributed by atoms with Gasteiger partial charge in [-0.25, -0.2) is 8.42 Å². The van der Waals surface area contributed by atoms with Crippen LogP contribution in [0.5, 0.6) is 0 Å². The van der Waals surface area contributed by atoms with E-state index in [0.717, 1.165) is 32.0 Å². The van der Waals surface area contributed by atoms with Crippen molar-refractivity contribution in [3.8, 4) is 0 Å². The molecule has 0 radical (unpaired) electrons. The van der Waals surface area contributed by atoms with Crippen LogP contribution in [0, 0.1) is 11.8 Å². The maximum Gasteiger partial charge on any atom is 0.253 e. The number of sulfone groups is 1. The summed E-state index contributed by atoms with van der Waals surface area (Å²) in [6, 6.07) is 6.78. The van der Waals surface area contributed by atoms with E-state index in [2.05, 4.69) is 18.7 Å². The zero-order chi connectivity index (χ0) is 18.9. The highest BCUT2D eigenvalue weighted by Gasteiger charge is 2.33. The number of amides is 1. The van der Waals surface area contributed by atoms with Crippen LogP contribution in [-0.4, -0.2) is 62.6 Å². The molecule has 0 bridgehead atoms. The number of hydrogen-bond acceptors (Lipinski definition) is 4. The Hall–Kier alpha value is -1.40. The Morgan fingerprint density at radius 3 is 2.58 bits per heavy atom. The Morgan fingerprint density at radius 1 is 1.23 bits per heavy atom. The highest BCUT2D eigenvalue weighted by atomic mass is 32.2. The van der Waals surface area contributed by atoms with Crippen LogP contribution >= 0.6 is 0 Å². The van der Waals surface area contributed by atoms with Crippen molar-refractivity contribution in [2.24, 2.45) is 11.8 Å². The van der Waals surface area contributed by atoms with E-state index in [1.165, 1.54) is 25.2 Å². The van der Waals surface area contributed by atoms with E-state index >= 15 is 0 Å². The second-order valence-electron chi connectivity index (χ2n) is 8.15. The number of benzene rings is 1. The quantitative estimate of drug-likeness (QED) is 0.790. The monoisotopic (exact) mass is 378 g/mol. The van der Waals surface area contributed by atoms with Gasteiger partial charge in [-0.3, -0.25) is 9.69 Å². The summed E-state index contributed by atoms with van der Waals surface area (Å²) >= 11 is 0. The van der Waals surface area contributed by atoms with Gasteiger partial charge in [0.1, 0.15) is 0 Å². The molecule has 0 spiro atoms. The molecular formula is C20H30N2O3S. The molecule has 26 heavy (non-hydrogen) atoms. The van der Waals surface area contributed by atoms with Crippen LogP contribution in [0.25, 0.3) is 0 Å². The normalized spacial score (nSPS) is 22.5. The minimum Gasteiger partial charge on any atom is -0.337 e. The Morgan fingerprint density at radius 2 is 1.96 bits per heavy atom. The standard InChI is InChI=1S/C20H30N2O3S/c1-15(2)19-14-22(11-5-10-21(19)13-16-8-9-16)20(23)17-6-4-7-18(12-17)26(3,24)25/h4,6-7,12,15-16,19H,5,8-11,13-14H2,1-3H3/t19-/m0/s1. The number of carbonyl (C=O) groups excluding carboxylic acids is 1. The SMILES string of the molecule is CC(C)[C@@H]1CN(C(=O)c2cccc(S(C)(=O)=O)c2)CCCN1CC1CC1. The number of rotatable bonds is 5. The fraction of sp³-hybridized carbons (Fsp3) is 0.650. The van der Waals surface area contributed by atoms with Crippen LogP contribution in [0.15, 0.2) is 29.2 Å². The number of hydrogen-bond donors (Lipinski definition) is 0. The topological polar surface area (TPSA) is 57.7 Å². The third-order valence-electron chi connectivity index (χ3n) is 5.51. The Labute approximate surface area is 157 Å². The van der Waals surface area contributed by atoms with E-state index in [1.54, 1.807) is 18.2 Å². The van der Waals surface area contributed by atoms with Crippen LogP contribution in [-0.2, 0) is 9.84 Å². The zero-order valence-electron chi connectivity index (χ0n) is 16.0. The fourth-order valence-corrected chi connectivity index (χ4v) is 4.45. The number of nitrogens with zero attached hydrogens (tertiary/aromatic N) is 2. The average Bonchev–Trinajstić information content (AvgIpc) is 3.41. The molecule has 1 saturated carbocycles. The molecule has 5 nitrogen and oxygen atoms in total. The first-order chi connectivity index (χ1) is 12.3. The van der Waals surface area contributed by atoms with Gasteiger partial charge >= 0.3 is 0 Å². The Balaban J connectivity index is 1.78. The van der Waals surface area contributed by atoms with Gasteiger partial charge < -0.3 is 4.90 Å². The van der Waals surface area contributed by atoms with Crippen LogP contribution in [0.3, 0.4) is 0 Å². The summed E-state index contributed by atoms with van der Waals surface area (Å²) in [4.78, 5) is 17.7. The lowest BCUT2D eigenvalue weighted by molar-refractivity contribution is 0.0704. The molecule has 1 aliphatic heterocycles. The molecule has 3 rings (SSSR count). The van der Waals surface area contributed by atoms with Crippen LogP contribution in [0.1, 0.15) is 43.5 Å². The summed E-state index contributed by atoms with van der Waals surface area (Å²) in [7, 11) is -3.32. The van der Waals surface area contributed by atoms with Crippen molar-refractivity contribution in [2.45, 2.75) is 44.0 Å². The average molecular weight is 379 g/mol. The van der Waals surface area contributed by atoms with E-state index in [1.807, 2.05) is 4.90 Å². The molecule has 1 saturated heterocycles. The minimum absolute atomic E-state index is 0.0607. The van der Waals surface area contributed by atoms with Gasteiger partial charge in [0.15, 0.2) is 9.84 Å². The van der Waals surface area contributed by atoms with Gasteiger partial charge in [-0.15, -0.1) is 0 Å². The summed E-state index contributed by atoms with van der Waals surface area (Å²) in [5, 5.41) is 0. The summed E-state index contributed by atoms with van der Waals surface area (Å²) < 4.78 is 23.6. The maximum atomic E-state index is 13.1. The van der Waals surface area contributed by atoms with Crippen LogP contribution < -0.4 is 0 Å². The molecule has 2 aliphatic rings. The van der Waals surface area contributed by atoms with Crippen LogP contribution in [0.2, 0.25) is 0 Å². The molecule has 0 N–H and O–H groups in total. The van der Waals surface area contributed by atoms with Gasteiger partial charge in [0.25, 0.3) is 5.91 Å². The molecule has 1 aromatic rings. The highest BCUT2D eigenvalue weighted by Crippen LogP contribution is 2.32. The van der Waals surface area contributed by atoms with Gasteiger partial charge in [0, 0.05) is 44.0 Å². The fourth-order valence-electron chi connectivity index (χ4n) is 3.78. The summed E-state index contributed by atoms with van der Waals surface area (Å²) in [5.74, 6) is 1.25. The Bertz CT molecular complexity index is 756. The summed E-state index contributed by atoms with van der Waals surface area (Å²) in [6.07, 6.45) is 4.81. The highest BCUT2D eigenvalue weighted by molar-refractivity contribution is 7.90. The van der Waals surface area contributed by atoms with Crippen molar-refractivity contribution in [3.05, 3.63) is 29.8 Å². The lowest BCUT2D eigenvalue weighted by Gasteiger charge is -2.34. The molecule has 144 valence electrons. The van der Waals surface area contributed by atoms with Crippen molar-refractivity contribution in [1.29, 1.82) is 0 Å². The van der Waals surface area contributed by atoms with E-state index < -0.39 is 9.84 Å². The molecule has 1 atom stereocenters. The van der Waals surface area contributed by atoms with Crippen molar-refractivity contribution in [2.75, 3.05) is 32.4 Å². The summed E-state index contributed by atoms with van der Waals surface area (Å²) in [5.41, 5.74) is 0.464. The summed E-state index contributed by atoms with van der Waals surface area (Å²) in [6.45, 7) is 8.07. The van der Waals surface area contributed by atoms with E-state index in [0.29, 0.717) is 24.1 Å². The molecule has 1 aromatic carbocycles. The molecule has 1 heterocycles. The van der Waals surface area contributed by atoms with Crippen molar-refractivity contribution in [3.63, 3.8) is 0 Å². The van der Waals surface area contributed by atoms with Crippen molar-refractivity contribution < 1.29 is 13.2 Å². The van der Waals surface area contributed by atoms with Gasteiger partial charge in [0.05, 0.1) is 4.90 Å². The maximum absolute atomic E-state index is 13.1. The van der Waals surface area contributed by atoms with Crippen molar-refractivity contribution >= 4 is 15.7 Å². The molecule has 1 amide bonds. The molecule has 0 unspecified atom stereocenters. The predicted octanol–water partition coefficient (Wildman–Crippen LogP) is 2.67. The largest absolute Gasteiger partial charge is 0.337 e. The smallest absolute Gasteiger partial charge is 0.253 e. The first-order valence-electron chi connectivity index (χ1n) is 9.59. The molecule has 1 aliphatic carbocycles. The number of carbonyl (C=O) groups is 1.